The predicted octanol–water partition coefficient (Wildman–Crippen LogP) is 3.30. The van der Waals surface area contributed by atoms with Gasteiger partial charge < -0.3 is 0 Å². The Hall–Kier alpha value is -0.490. The smallest absolute Gasteiger partial charge is 0.0470 e. The normalized spacial score (nSPS) is 12.5. The molecule has 56 valence electrons. The van der Waals surface area contributed by atoms with Gasteiger partial charge in [0.25, 0.3) is 0 Å². The van der Waals surface area contributed by atoms with E-state index in [9.17, 15) is 0 Å². The van der Waals surface area contributed by atoms with Gasteiger partial charge in [-0.15, -0.1) is 11.6 Å². The van der Waals surface area contributed by atoms with Gasteiger partial charge in [0.2, 0.25) is 0 Å². The molecular formula is C9H13Cl. The molecule has 0 saturated carbocycles. The van der Waals surface area contributed by atoms with Gasteiger partial charge in [-0.05, 0) is 25.0 Å². The van der Waals surface area contributed by atoms with Crippen molar-refractivity contribution < 1.29 is 0 Å². The van der Waals surface area contributed by atoms with Crippen LogP contribution in [0.1, 0.15) is 13.8 Å². The first-order chi connectivity index (χ1) is 4.72. The molecule has 0 rings (SSSR count). The molecule has 0 aromatic carbocycles. The molecule has 1 heteroatoms. The summed E-state index contributed by atoms with van der Waals surface area (Å²) in [6, 6.07) is 0. The zero-order chi connectivity index (χ0) is 7.98. The van der Waals surface area contributed by atoms with E-state index in [0.717, 1.165) is 11.1 Å². The van der Waals surface area contributed by atoms with E-state index >= 15 is 0 Å². The lowest BCUT2D eigenvalue weighted by Gasteiger charge is -1.97. The van der Waals surface area contributed by atoms with Crippen LogP contribution in [-0.2, 0) is 0 Å². The molecule has 0 aromatic rings. The van der Waals surface area contributed by atoms with E-state index in [0.29, 0.717) is 5.88 Å². The molecule has 0 aliphatic rings. The van der Waals surface area contributed by atoms with Crippen LogP contribution in [0.15, 0.2) is 36.0 Å². The summed E-state index contributed by atoms with van der Waals surface area (Å²) in [7, 11) is 0. The van der Waals surface area contributed by atoms with Crippen LogP contribution in [0.4, 0.5) is 0 Å². The maximum atomic E-state index is 5.56. The minimum absolute atomic E-state index is 0.514. The molecule has 0 unspecified atom stereocenters. The number of hydrogen-bond donors (Lipinski definition) is 0. The van der Waals surface area contributed by atoms with Crippen LogP contribution in [0.3, 0.4) is 0 Å². The molecule has 0 spiro atoms. The van der Waals surface area contributed by atoms with Crippen LogP contribution in [0.5, 0.6) is 0 Å². The van der Waals surface area contributed by atoms with Gasteiger partial charge >= 0.3 is 0 Å². The Morgan fingerprint density at radius 2 is 2.20 bits per heavy atom. The number of halogens is 1. The summed E-state index contributed by atoms with van der Waals surface area (Å²) in [5, 5.41) is 0. The maximum Gasteiger partial charge on any atom is 0.0470 e. The van der Waals surface area contributed by atoms with Gasteiger partial charge in [0.05, 0.1) is 0 Å². The average Bonchev–Trinajstić information content (AvgIpc) is 1.98. The van der Waals surface area contributed by atoms with Gasteiger partial charge in [-0.25, -0.2) is 0 Å². The van der Waals surface area contributed by atoms with Crippen molar-refractivity contribution in [2.24, 2.45) is 0 Å². The van der Waals surface area contributed by atoms with E-state index in [1.165, 1.54) is 0 Å². The first-order valence-corrected chi connectivity index (χ1v) is 3.79. The molecule has 0 N–H and O–H groups in total. The fourth-order valence-electron chi connectivity index (χ4n) is 0.464. The lowest BCUT2D eigenvalue weighted by molar-refractivity contribution is 1.37. The van der Waals surface area contributed by atoms with E-state index in [4.69, 9.17) is 11.6 Å². The molecule has 0 aliphatic heterocycles. The third kappa shape index (κ3) is 3.52. The predicted molar refractivity (Wildman–Crippen MR) is 48.4 cm³/mol. The summed E-state index contributed by atoms with van der Waals surface area (Å²) < 4.78 is 0. The van der Waals surface area contributed by atoms with E-state index in [1.807, 2.05) is 32.1 Å². The number of allylic oxidation sites excluding steroid dienone is 5. The second-order valence-corrected chi connectivity index (χ2v) is 2.38. The van der Waals surface area contributed by atoms with Crippen LogP contribution in [0.2, 0.25) is 0 Å². The van der Waals surface area contributed by atoms with E-state index < -0.39 is 0 Å². The topological polar surface area (TPSA) is 0 Å². The highest BCUT2D eigenvalue weighted by Gasteiger charge is 1.90. The van der Waals surface area contributed by atoms with Crippen LogP contribution < -0.4 is 0 Å². The molecule has 0 aromatic heterocycles. The molecule has 0 atom stereocenters. The number of alkyl halides is 1. The Bertz CT molecular complexity index is 164. The lowest BCUT2D eigenvalue weighted by Crippen LogP contribution is -1.82. The minimum Gasteiger partial charge on any atom is -0.122 e. The highest BCUT2D eigenvalue weighted by atomic mass is 35.5. The third-order valence-corrected chi connectivity index (χ3v) is 1.58. The van der Waals surface area contributed by atoms with Crippen molar-refractivity contribution in [3.8, 4) is 0 Å². The fraction of sp³-hybridized carbons (Fsp3) is 0.333. The van der Waals surface area contributed by atoms with Crippen molar-refractivity contribution in [2.75, 3.05) is 5.88 Å². The van der Waals surface area contributed by atoms with Crippen LogP contribution in [0, 0.1) is 0 Å². The number of rotatable bonds is 3. The van der Waals surface area contributed by atoms with Crippen molar-refractivity contribution in [1.29, 1.82) is 0 Å². The second kappa shape index (κ2) is 5.31. The molecule has 0 radical (unpaired) electrons. The highest BCUT2D eigenvalue weighted by Crippen LogP contribution is 2.07. The van der Waals surface area contributed by atoms with Crippen LogP contribution in [-0.4, -0.2) is 5.88 Å². The third-order valence-electron chi connectivity index (χ3n) is 1.26. The van der Waals surface area contributed by atoms with Crippen molar-refractivity contribution in [2.45, 2.75) is 13.8 Å². The van der Waals surface area contributed by atoms with Crippen molar-refractivity contribution in [3.05, 3.63) is 36.0 Å². The Balaban J connectivity index is 4.05. The van der Waals surface area contributed by atoms with E-state index in [-0.39, 0.29) is 0 Å². The highest BCUT2D eigenvalue weighted by molar-refractivity contribution is 6.19. The zero-order valence-electron chi connectivity index (χ0n) is 6.52. The Kier molecular flexibility index (Phi) is 5.05. The SMILES string of the molecule is C=C(CCl)/C(C)=C\C=C/C. The Morgan fingerprint density at radius 3 is 2.60 bits per heavy atom. The van der Waals surface area contributed by atoms with Crippen molar-refractivity contribution >= 4 is 11.6 Å². The summed E-state index contributed by atoms with van der Waals surface area (Å²) >= 11 is 5.56. The quantitative estimate of drug-likeness (QED) is 0.435. The first kappa shape index (κ1) is 9.51. The molecule has 0 fully saturated rings. The Labute approximate surface area is 67.9 Å². The van der Waals surface area contributed by atoms with Gasteiger partial charge in [-0.2, -0.15) is 0 Å². The molecule has 0 aliphatic carbocycles. The fourth-order valence-corrected chi connectivity index (χ4v) is 0.675. The maximum absolute atomic E-state index is 5.56. The molecule has 0 nitrogen and oxygen atoms in total. The van der Waals surface area contributed by atoms with Gasteiger partial charge in [0, 0.05) is 5.88 Å². The molecule has 10 heavy (non-hydrogen) atoms. The molecular weight excluding hydrogens is 144 g/mol. The van der Waals surface area contributed by atoms with E-state index in [2.05, 4.69) is 6.58 Å². The molecule has 0 amide bonds. The average molecular weight is 157 g/mol. The lowest BCUT2D eigenvalue weighted by atomic mass is 10.1. The van der Waals surface area contributed by atoms with Crippen molar-refractivity contribution in [1.82, 2.24) is 0 Å². The second-order valence-electron chi connectivity index (χ2n) is 2.11. The first-order valence-electron chi connectivity index (χ1n) is 3.26. The van der Waals surface area contributed by atoms with Gasteiger partial charge in [-0.1, -0.05) is 24.8 Å². The molecule has 0 saturated heterocycles. The van der Waals surface area contributed by atoms with Gasteiger partial charge in [0.1, 0.15) is 0 Å². The van der Waals surface area contributed by atoms with Gasteiger partial charge in [-0.3, -0.25) is 0 Å². The summed E-state index contributed by atoms with van der Waals surface area (Å²) in [4.78, 5) is 0. The summed E-state index contributed by atoms with van der Waals surface area (Å²) in [5.41, 5.74) is 2.13. The summed E-state index contributed by atoms with van der Waals surface area (Å²) in [6.45, 7) is 7.78. The zero-order valence-corrected chi connectivity index (χ0v) is 7.28. The number of hydrogen-bond acceptors (Lipinski definition) is 0. The largest absolute Gasteiger partial charge is 0.122 e. The van der Waals surface area contributed by atoms with Gasteiger partial charge in [0.15, 0.2) is 0 Å². The monoisotopic (exact) mass is 156 g/mol. The van der Waals surface area contributed by atoms with Crippen LogP contribution >= 0.6 is 11.6 Å². The standard InChI is InChI=1S/C9H13Cl/c1-4-5-6-8(2)9(3)7-10/h4-6H,3,7H2,1-2H3/b5-4-,8-6-. The minimum atomic E-state index is 0.514. The van der Waals surface area contributed by atoms with E-state index in [1.54, 1.807) is 0 Å². The molecule has 0 heterocycles. The van der Waals surface area contributed by atoms with Crippen molar-refractivity contribution in [3.63, 3.8) is 0 Å². The summed E-state index contributed by atoms with van der Waals surface area (Å²) in [5.74, 6) is 0.514. The molecule has 0 bridgehead atoms. The Morgan fingerprint density at radius 1 is 1.60 bits per heavy atom. The van der Waals surface area contributed by atoms with Crippen LogP contribution in [0.25, 0.3) is 0 Å². The summed E-state index contributed by atoms with van der Waals surface area (Å²) in [6.07, 6.45) is 5.96.